The number of hydrogen-bond donors (Lipinski definition) is 2. The Morgan fingerprint density at radius 3 is 2.33 bits per heavy atom. The molecule has 0 atom stereocenters. The van der Waals surface area contributed by atoms with Crippen molar-refractivity contribution in [3.63, 3.8) is 0 Å². The van der Waals surface area contributed by atoms with Crippen molar-refractivity contribution in [1.82, 2.24) is 0 Å². The highest BCUT2D eigenvalue weighted by molar-refractivity contribution is 6.05. The monoisotopic (exact) mass is 417 g/mol. The smallest absolute Gasteiger partial charge is 0.420 e. The van der Waals surface area contributed by atoms with Gasteiger partial charge in [0, 0.05) is 5.69 Å². The van der Waals surface area contributed by atoms with Gasteiger partial charge in [0.2, 0.25) is 11.9 Å². The molecule has 2 aliphatic rings. The van der Waals surface area contributed by atoms with Gasteiger partial charge in [0.15, 0.2) is 0 Å². The molecule has 1 saturated carbocycles. The first-order valence-corrected chi connectivity index (χ1v) is 9.72. The fourth-order valence-corrected chi connectivity index (χ4v) is 4.08. The van der Waals surface area contributed by atoms with Crippen LogP contribution in [0.15, 0.2) is 58.5 Å². The molecule has 4 rings (SSSR count). The van der Waals surface area contributed by atoms with Crippen LogP contribution in [0.5, 0.6) is 11.5 Å². The lowest BCUT2D eigenvalue weighted by Gasteiger charge is -2.45. The van der Waals surface area contributed by atoms with Gasteiger partial charge in [-0.2, -0.15) is 18.2 Å². The largest absolute Gasteiger partial charge is 0.457 e. The molecule has 1 aliphatic carbocycles. The Balaban J connectivity index is 1.78. The molecule has 0 unspecified atom stereocenters. The number of aliphatic imine (C=N–C) groups is 2. The molecule has 0 bridgehead atoms. The van der Waals surface area contributed by atoms with E-state index >= 15 is 0 Å². The van der Waals surface area contributed by atoms with Gasteiger partial charge in [-0.3, -0.25) is 4.90 Å². The van der Waals surface area contributed by atoms with E-state index in [1.165, 1.54) is 6.07 Å². The summed E-state index contributed by atoms with van der Waals surface area (Å²) in [5, 5.41) is 0. The van der Waals surface area contributed by atoms with E-state index in [1.807, 2.05) is 0 Å². The van der Waals surface area contributed by atoms with Crippen molar-refractivity contribution in [2.75, 3.05) is 4.90 Å². The predicted molar refractivity (Wildman–Crippen MR) is 109 cm³/mol. The lowest BCUT2D eigenvalue weighted by molar-refractivity contribution is -0.138. The Labute approximate surface area is 172 Å². The highest BCUT2D eigenvalue weighted by Crippen LogP contribution is 2.44. The Hall–Kier alpha value is -3.23. The van der Waals surface area contributed by atoms with E-state index in [0.29, 0.717) is 18.6 Å². The third kappa shape index (κ3) is 3.79. The number of guanidine groups is 2. The number of nitrogens with two attached hydrogens (primary N) is 2. The summed E-state index contributed by atoms with van der Waals surface area (Å²) >= 11 is 0. The molecule has 158 valence electrons. The number of ether oxygens (including phenoxy) is 1. The summed E-state index contributed by atoms with van der Waals surface area (Å²) in [5.41, 5.74) is 10.5. The van der Waals surface area contributed by atoms with Gasteiger partial charge in [0.25, 0.3) is 0 Å². The van der Waals surface area contributed by atoms with Gasteiger partial charge >= 0.3 is 6.18 Å². The fraction of sp³-hybridized carbons (Fsp3) is 0.333. The second-order valence-electron chi connectivity index (χ2n) is 7.41. The van der Waals surface area contributed by atoms with E-state index < -0.39 is 17.4 Å². The van der Waals surface area contributed by atoms with Crippen LogP contribution < -0.4 is 21.1 Å². The molecule has 1 spiro atoms. The number of hydrogen-bond acceptors (Lipinski definition) is 6. The van der Waals surface area contributed by atoms with Gasteiger partial charge in [-0.25, -0.2) is 4.99 Å². The van der Waals surface area contributed by atoms with Crippen molar-refractivity contribution in [2.45, 2.75) is 43.9 Å². The zero-order chi connectivity index (χ0) is 21.4. The molecular weight excluding hydrogens is 395 g/mol. The number of para-hydroxylation sites is 1. The van der Waals surface area contributed by atoms with E-state index in [0.717, 1.165) is 25.3 Å². The van der Waals surface area contributed by atoms with E-state index in [2.05, 4.69) is 9.98 Å². The highest BCUT2D eigenvalue weighted by Gasteiger charge is 2.44. The molecule has 0 radical (unpaired) electrons. The molecule has 2 aromatic carbocycles. The van der Waals surface area contributed by atoms with Crippen LogP contribution in [0, 0.1) is 0 Å². The quantitative estimate of drug-likeness (QED) is 0.763. The van der Waals surface area contributed by atoms with E-state index in [1.54, 1.807) is 41.3 Å². The summed E-state index contributed by atoms with van der Waals surface area (Å²) in [5.74, 6) is 0.113. The van der Waals surface area contributed by atoms with Crippen molar-refractivity contribution >= 4 is 17.6 Å². The first-order chi connectivity index (χ1) is 14.3. The molecule has 0 aromatic heterocycles. The van der Waals surface area contributed by atoms with Crippen molar-refractivity contribution < 1.29 is 17.9 Å². The number of alkyl halides is 3. The summed E-state index contributed by atoms with van der Waals surface area (Å²) in [7, 11) is 0. The Kier molecular flexibility index (Phi) is 5.05. The van der Waals surface area contributed by atoms with Gasteiger partial charge in [0.05, 0.1) is 0 Å². The fourth-order valence-electron chi connectivity index (χ4n) is 4.08. The van der Waals surface area contributed by atoms with Crippen LogP contribution in [0.4, 0.5) is 18.9 Å². The van der Waals surface area contributed by atoms with Gasteiger partial charge < -0.3 is 16.2 Å². The SMILES string of the molecule is NC1=NC2(CCCCC2)N(c2ccc(Oc3ccccc3)c(C(F)(F)F)c2)C(N)=N1. The van der Waals surface area contributed by atoms with Crippen LogP contribution in [0.2, 0.25) is 0 Å². The van der Waals surface area contributed by atoms with Crippen molar-refractivity contribution in [1.29, 1.82) is 0 Å². The van der Waals surface area contributed by atoms with E-state index in [-0.39, 0.29) is 23.4 Å². The molecule has 1 heterocycles. The summed E-state index contributed by atoms with van der Waals surface area (Å²) in [6, 6.07) is 12.2. The molecule has 1 fully saturated rings. The minimum absolute atomic E-state index is 0.0363. The standard InChI is InChI=1S/C21H22F3N5O/c22-21(23,24)16-13-14(9-10-17(16)30-15-7-3-1-4-8-15)29-19(26)27-18(25)28-20(29)11-5-2-6-12-20/h1,3-4,7-10,13H,2,5-6,11-12H2,(H4,25,26,27,28). The molecule has 30 heavy (non-hydrogen) atoms. The maximum absolute atomic E-state index is 13.9. The number of benzene rings is 2. The zero-order valence-electron chi connectivity index (χ0n) is 16.2. The molecule has 9 heteroatoms. The van der Waals surface area contributed by atoms with Crippen molar-refractivity contribution in [3.05, 3.63) is 54.1 Å². The third-order valence-electron chi connectivity index (χ3n) is 5.35. The van der Waals surface area contributed by atoms with Crippen molar-refractivity contribution in [2.24, 2.45) is 21.5 Å². The molecule has 4 N–H and O–H groups in total. The minimum atomic E-state index is -4.62. The predicted octanol–water partition coefficient (Wildman–Crippen LogP) is 4.61. The zero-order valence-corrected chi connectivity index (χ0v) is 16.2. The normalized spacial score (nSPS) is 18.7. The molecule has 1 aliphatic heterocycles. The van der Waals surface area contributed by atoms with Crippen LogP contribution in [-0.4, -0.2) is 17.6 Å². The van der Waals surface area contributed by atoms with Gasteiger partial charge in [-0.15, -0.1) is 0 Å². The Morgan fingerprint density at radius 1 is 0.967 bits per heavy atom. The second-order valence-corrected chi connectivity index (χ2v) is 7.41. The molecule has 2 aromatic rings. The summed E-state index contributed by atoms with van der Waals surface area (Å²) in [6.45, 7) is 0. The first kappa shape index (κ1) is 20.1. The second kappa shape index (κ2) is 7.55. The molecule has 0 saturated heterocycles. The topological polar surface area (TPSA) is 89.2 Å². The maximum Gasteiger partial charge on any atom is 0.420 e. The van der Waals surface area contributed by atoms with Crippen LogP contribution in [-0.2, 0) is 6.18 Å². The van der Waals surface area contributed by atoms with Gasteiger partial charge in [0.1, 0.15) is 22.7 Å². The number of halogens is 3. The van der Waals surface area contributed by atoms with Crippen LogP contribution >= 0.6 is 0 Å². The Morgan fingerprint density at radius 2 is 1.67 bits per heavy atom. The average molecular weight is 417 g/mol. The Bertz CT molecular complexity index is 982. The maximum atomic E-state index is 13.9. The molecule has 0 amide bonds. The third-order valence-corrected chi connectivity index (χ3v) is 5.35. The lowest BCUT2D eigenvalue weighted by atomic mass is 9.87. The highest BCUT2D eigenvalue weighted by atomic mass is 19.4. The first-order valence-electron chi connectivity index (χ1n) is 9.72. The summed E-state index contributed by atoms with van der Waals surface area (Å²) in [6.07, 6.45) is -0.575. The summed E-state index contributed by atoms with van der Waals surface area (Å²) < 4.78 is 47.2. The van der Waals surface area contributed by atoms with Crippen LogP contribution in [0.1, 0.15) is 37.7 Å². The summed E-state index contributed by atoms with van der Waals surface area (Å²) in [4.78, 5) is 10.1. The average Bonchev–Trinajstić information content (AvgIpc) is 2.69. The number of rotatable bonds is 3. The van der Waals surface area contributed by atoms with E-state index in [4.69, 9.17) is 16.2 Å². The van der Waals surface area contributed by atoms with Crippen molar-refractivity contribution in [3.8, 4) is 11.5 Å². The minimum Gasteiger partial charge on any atom is -0.457 e. The van der Waals surface area contributed by atoms with Crippen LogP contribution in [0.25, 0.3) is 0 Å². The van der Waals surface area contributed by atoms with Crippen LogP contribution in [0.3, 0.4) is 0 Å². The van der Waals surface area contributed by atoms with E-state index in [9.17, 15) is 13.2 Å². The number of nitrogens with zero attached hydrogens (tertiary/aromatic N) is 3. The number of anilines is 1. The molecule has 6 nitrogen and oxygen atoms in total. The lowest BCUT2D eigenvalue weighted by Crippen LogP contribution is -2.58. The van der Waals surface area contributed by atoms with Gasteiger partial charge in [-0.1, -0.05) is 24.6 Å². The molecular formula is C21H22F3N5O. The van der Waals surface area contributed by atoms with Gasteiger partial charge in [-0.05, 0) is 56.0 Å².